The predicted octanol–water partition coefficient (Wildman–Crippen LogP) is 3.10. The molecule has 2 rings (SSSR count). The molecule has 2 aromatic rings. The van der Waals surface area contributed by atoms with E-state index in [2.05, 4.69) is 10.2 Å². The van der Waals surface area contributed by atoms with Crippen LogP contribution in [0.5, 0.6) is 11.5 Å². The maximum absolute atomic E-state index is 5.57. The van der Waals surface area contributed by atoms with Gasteiger partial charge in [-0.2, -0.15) is 0 Å². The van der Waals surface area contributed by atoms with E-state index in [4.69, 9.17) is 13.9 Å². The molecule has 0 aliphatic carbocycles. The first-order valence-corrected chi connectivity index (χ1v) is 6.50. The Labute approximate surface area is 112 Å². The summed E-state index contributed by atoms with van der Waals surface area (Å²) in [6.07, 6.45) is 0.725. The topological polar surface area (TPSA) is 57.4 Å². The molecule has 0 aliphatic rings. The van der Waals surface area contributed by atoms with Gasteiger partial charge in [-0.25, -0.2) is 0 Å². The second kappa shape index (κ2) is 6.22. The summed E-state index contributed by atoms with van der Waals surface area (Å²) in [4.78, 5) is 0. The molecule has 1 aromatic heterocycles. The van der Waals surface area contributed by atoms with Crippen molar-refractivity contribution in [1.82, 2.24) is 10.2 Å². The molecule has 0 saturated carbocycles. The molecule has 19 heavy (non-hydrogen) atoms. The maximum atomic E-state index is 5.57. The first-order valence-electron chi connectivity index (χ1n) is 6.50. The zero-order valence-corrected chi connectivity index (χ0v) is 11.5. The molecule has 5 nitrogen and oxygen atoms in total. The Hall–Kier alpha value is -2.04. The standard InChI is InChI=1S/C14H18N2O3/c1-4-13-15-16-14(19-13)10-7-8-11(17-5-2)12(9-10)18-6-3/h7-9H,4-6H2,1-3H3. The van der Waals surface area contributed by atoms with Gasteiger partial charge in [-0.05, 0) is 32.0 Å². The van der Waals surface area contributed by atoms with Crippen LogP contribution in [-0.2, 0) is 6.42 Å². The predicted molar refractivity (Wildman–Crippen MR) is 71.5 cm³/mol. The van der Waals surface area contributed by atoms with Crippen molar-refractivity contribution < 1.29 is 13.9 Å². The average molecular weight is 262 g/mol. The van der Waals surface area contributed by atoms with Gasteiger partial charge < -0.3 is 13.9 Å². The van der Waals surface area contributed by atoms with E-state index < -0.39 is 0 Å². The minimum atomic E-state index is 0.501. The Morgan fingerprint density at radius 2 is 1.74 bits per heavy atom. The summed E-state index contributed by atoms with van der Waals surface area (Å²) in [7, 11) is 0. The summed E-state index contributed by atoms with van der Waals surface area (Å²) in [5.41, 5.74) is 0.833. The maximum Gasteiger partial charge on any atom is 0.247 e. The number of rotatable bonds is 6. The molecule has 0 radical (unpaired) electrons. The number of ether oxygens (including phenoxy) is 2. The van der Waals surface area contributed by atoms with Crippen LogP contribution in [0, 0.1) is 0 Å². The quantitative estimate of drug-likeness (QED) is 0.800. The molecule has 0 amide bonds. The fraction of sp³-hybridized carbons (Fsp3) is 0.429. The van der Waals surface area contributed by atoms with Crippen LogP contribution in [-0.4, -0.2) is 23.4 Å². The van der Waals surface area contributed by atoms with Gasteiger partial charge in [0.25, 0.3) is 0 Å². The van der Waals surface area contributed by atoms with E-state index in [1.807, 2.05) is 39.0 Å². The molecule has 102 valence electrons. The van der Waals surface area contributed by atoms with Gasteiger partial charge in [0.2, 0.25) is 11.8 Å². The van der Waals surface area contributed by atoms with Crippen molar-refractivity contribution in [2.24, 2.45) is 0 Å². The zero-order chi connectivity index (χ0) is 13.7. The van der Waals surface area contributed by atoms with E-state index in [1.54, 1.807) is 0 Å². The van der Waals surface area contributed by atoms with Crippen LogP contribution < -0.4 is 9.47 Å². The van der Waals surface area contributed by atoms with Crippen LogP contribution in [0.4, 0.5) is 0 Å². The highest BCUT2D eigenvalue weighted by molar-refractivity contribution is 5.59. The molecule has 0 unspecified atom stereocenters. The van der Waals surface area contributed by atoms with E-state index in [0.717, 1.165) is 17.7 Å². The number of aryl methyl sites for hydroxylation is 1. The number of benzene rings is 1. The lowest BCUT2D eigenvalue weighted by Crippen LogP contribution is -1.98. The molecule has 0 aliphatic heterocycles. The van der Waals surface area contributed by atoms with E-state index in [1.165, 1.54) is 0 Å². The first-order chi connectivity index (χ1) is 9.28. The van der Waals surface area contributed by atoms with E-state index in [-0.39, 0.29) is 0 Å². The van der Waals surface area contributed by atoms with E-state index >= 15 is 0 Å². The number of hydrogen-bond acceptors (Lipinski definition) is 5. The third-order valence-electron chi connectivity index (χ3n) is 2.56. The fourth-order valence-electron chi connectivity index (χ4n) is 1.70. The van der Waals surface area contributed by atoms with Gasteiger partial charge >= 0.3 is 0 Å². The molecule has 1 aromatic carbocycles. The molecule has 0 N–H and O–H groups in total. The second-order valence-corrected chi connectivity index (χ2v) is 3.88. The van der Waals surface area contributed by atoms with Crippen molar-refractivity contribution in [3.63, 3.8) is 0 Å². The highest BCUT2D eigenvalue weighted by Crippen LogP contribution is 2.32. The van der Waals surface area contributed by atoms with Crippen molar-refractivity contribution in [3.05, 3.63) is 24.1 Å². The average Bonchev–Trinajstić information content (AvgIpc) is 2.90. The van der Waals surface area contributed by atoms with Gasteiger partial charge in [0.15, 0.2) is 11.5 Å². The monoisotopic (exact) mass is 262 g/mol. The van der Waals surface area contributed by atoms with Gasteiger partial charge in [-0.15, -0.1) is 10.2 Å². The van der Waals surface area contributed by atoms with Crippen LogP contribution in [0.2, 0.25) is 0 Å². The van der Waals surface area contributed by atoms with Gasteiger partial charge in [0.1, 0.15) is 0 Å². The summed E-state index contributed by atoms with van der Waals surface area (Å²) in [5.74, 6) is 2.55. The lowest BCUT2D eigenvalue weighted by molar-refractivity contribution is 0.288. The molecule has 1 heterocycles. The molecule has 0 saturated heterocycles. The molecule has 0 atom stereocenters. The van der Waals surface area contributed by atoms with Crippen molar-refractivity contribution in [3.8, 4) is 23.0 Å². The summed E-state index contributed by atoms with van der Waals surface area (Å²) >= 11 is 0. The summed E-state index contributed by atoms with van der Waals surface area (Å²) in [6.45, 7) is 7.02. The Balaban J connectivity index is 2.33. The normalized spacial score (nSPS) is 10.5. The zero-order valence-electron chi connectivity index (χ0n) is 11.5. The van der Waals surface area contributed by atoms with Gasteiger partial charge in [0, 0.05) is 12.0 Å². The smallest absolute Gasteiger partial charge is 0.247 e. The minimum Gasteiger partial charge on any atom is -0.490 e. The van der Waals surface area contributed by atoms with E-state index in [0.29, 0.717) is 30.7 Å². The van der Waals surface area contributed by atoms with Gasteiger partial charge in [-0.3, -0.25) is 0 Å². The molecular weight excluding hydrogens is 244 g/mol. The van der Waals surface area contributed by atoms with Crippen LogP contribution in [0.25, 0.3) is 11.5 Å². The minimum absolute atomic E-state index is 0.501. The highest BCUT2D eigenvalue weighted by Gasteiger charge is 2.12. The van der Waals surface area contributed by atoms with Crippen LogP contribution in [0.15, 0.2) is 22.6 Å². The van der Waals surface area contributed by atoms with E-state index in [9.17, 15) is 0 Å². The number of aromatic nitrogens is 2. The Kier molecular flexibility index (Phi) is 4.39. The summed E-state index contributed by atoms with van der Waals surface area (Å²) in [6, 6.07) is 5.61. The highest BCUT2D eigenvalue weighted by atomic mass is 16.5. The van der Waals surface area contributed by atoms with Crippen LogP contribution in [0.1, 0.15) is 26.7 Å². The van der Waals surface area contributed by atoms with Crippen molar-refractivity contribution in [2.75, 3.05) is 13.2 Å². The van der Waals surface area contributed by atoms with Gasteiger partial charge in [-0.1, -0.05) is 6.92 Å². The largest absolute Gasteiger partial charge is 0.490 e. The molecule has 0 fully saturated rings. The van der Waals surface area contributed by atoms with Crippen LogP contribution in [0.3, 0.4) is 0 Å². The Morgan fingerprint density at radius 3 is 2.37 bits per heavy atom. The SMILES string of the molecule is CCOc1ccc(-c2nnc(CC)o2)cc1OCC. The number of hydrogen-bond donors (Lipinski definition) is 0. The van der Waals surface area contributed by atoms with Crippen molar-refractivity contribution in [1.29, 1.82) is 0 Å². The van der Waals surface area contributed by atoms with Crippen LogP contribution >= 0.6 is 0 Å². The molecule has 0 spiro atoms. The molecule has 0 bridgehead atoms. The fourth-order valence-corrected chi connectivity index (χ4v) is 1.70. The first kappa shape index (κ1) is 13.4. The van der Waals surface area contributed by atoms with Crippen molar-refractivity contribution >= 4 is 0 Å². The third kappa shape index (κ3) is 3.05. The van der Waals surface area contributed by atoms with Crippen molar-refractivity contribution in [2.45, 2.75) is 27.2 Å². The lowest BCUT2D eigenvalue weighted by Gasteiger charge is -2.11. The molecule has 5 heteroatoms. The molecular formula is C14H18N2O3. The Morgan fingerprint density at radius 1 is 1.00 bits per heavy atom. The lowest BCUT2D eigenvalue weighted by atomic mass is 10.2. The number of nitrogens with zero attached hydrogens (tertiary/aromatic N) is 2. The Bertz CT molecular complexity index is 537. The second-order valence-electron chi connectivity index (χ2n) is 3.88. The third-order valence-corrected chi connectivity index (χ3v) is 2.56. The summed E-state index contributed by atoms with van der Waals surface area (Å²) < 4.78 is 16.6. The van der Waals surface area contributed by atoms with Gasteiger partial charge in [0.05, 0.1) is 13.2 Å². The summed E-state index contributed by atoms with van der Waals surface area (Å²) in [5, 5.41) is 7.98.